The fraction of sp³-hybridized carbons (Fsp3) is 0.412. The molecule has 0 aliphatic carbocycles. The van der Waals surface area contributed by atoms with Gasteiger partial charge in [0.25, 0.3) is 0 Å². The molecule has 0 amide bonds. The van der Waals surface area contributed by atoms with E-state index in [1.807, 2.05) is 6.07 Å². The Hall–Kier alpha value is -1.74. The van der Waals surface area contributed by atoms with Crippen molar-refractivity contribution in [1.82, 2.24) is 0 Å². The van der Waals surface area contributed by atoms with Gasteiger partial charge in [0.2, 0.25) is 0 Å². The lowest BCUT2D eigenvalue weighted by molar-refractivity contribution is 0.244. The standard InChI is InChI=1S/C17H23NO2/c1-2-3-4-5-14-6-8-15(9-7-14)18-12-16-10-11-17(13-19)20-16/h6-11,18-19H,2-5,12-13H2,1H3. The van der Waals surface area contributed by atoms with Crippen LogP contribution in [-0.2, 0) is 19.6 Å². The highest BCUT2D eigenvalue weighted by Gasteiger charge is 2.01. The highest BCUT2D eigenvalue weighted by Crippen LogP contribution is 2.14. The van der Waals surface area contributed by atoms with E-state index in [0.29, 0.717) is 12.3 Å². The predicted octanol–water partition coefficient (Wildman–Crippen LogP) is 4.12. The van der Waals surface area contributed by atoms with E-state index in [-0.39, 0.29) is 6.61 Å². The molecule has 2 N–H and O–H groups in total. The second-order valence-electron chi connectivity index (χ2n) is 5.03. The van der Waals surface area contributed by atoms with Crippen LogP contribution < -0.4 is 5.32 Å². The molecule has 1 heterocycles. The van der Waals surface area contributed by atoms with E-state index >= 15 is 0 Å². The Morgan fingerprint density at radius 2 is 1.75 bits per heavy atom. The number of hydrogen-bond acceptors (Lipinski definition) is 3. The molecule has 3 nitrogen and oxygen atoms in total. The zero-order valence-electron chi connectivity index (χ0n) is 12.1. The van der Waals surface area contributed by atoms with Gasteiger partial charge in [-0.3, -0.25) is 0 Å². The lowest BCUT2D eigenvalue weighted by Gasteiger charge is -2.06. The molecule has 2 aromatic rings. The lowest BCUT2D eigenvalue weighted by atomic mass is 10.1. The van der Waals surface area contributed by atoms with Gasteiger partial charge in [-0.25, -0.2) is 0 Å². The molecule has 1 aromatic carbocycles. The van der Waals surface area contributed by atoms with Crippen molar-refractivity contribution in [3.63, 3.8) is 0 Å². The second kappa shape index (κ2) is 7.75. The SMILES string of the molecule is CCCCCc1ccc(NCc2ccc(CO)o2)cc1. The van der Waals surface area contributed by atoms with Crippen LogP contribution >= 0.6 is 0 Å². The van der Waals surface area contributed by atoms with Gasteiger partial charge in [-0.15, -0.1) is 0 Å². The molecule has 0 spiro atoms. The van der Waals surface area contributed by atoms with Crippen LogP contribution in [0.4, 0.5) is 5.69 Å². The molecule has 0 bridgehead atoms. The van der Waals surface area contributed by atoms with Crippen molar-refractivity contribution in [1.29, 1.82) is 0 Å². The predicted molar refractivity (Wildman–Crippen MR) is 81.6 cm³/mol. The summed E-state index contributed by atoms with van der Waals surface area (Å²) in [6.07, 6.45) is 4.98. The van der Waals surface area contributed by atoms with E-state index in [0.717, 1.165) is 17.9 Å². The first-order valence-corrected chi connectivity index (χ1v) is 7.33. The van der Waals surface area contributed by atoms with Gasteiger partial charge < -0.3 is 14.8 Å². The molecule has 0 atom stereocenters. The van der Waals surface area contributed by atoms with Crippen LogP contribution in [0.1, 0.15) is 43.3 Å². The molecule has 2 rings (SSSR count). The number of anilines is 1. The number of aliphatic hydroxyl groups is 1. The number of unbranched alkanes of at least 4 members (excludes halogenated alkanes) is 2. The minimum Gasteiger partial charge on any atom is -0.462 e. The van der Waals surface area contributed by atoms with Gasteiger partial charge in [-0.05, 0) is 42.7 Å². The van der Waals surface area contributed by atoms with Crippen LogP contribution in [0, 0.1) is 0 Å². The largest absolute Gasteiger partial charge is 0.462 e. The van der Waals surface area contributed by atoms with E-state index in [2.05, 4.69) is 36.5 Å². The third-order valence-electron chi connectivity index (χ3n) is 3.36. The Kier molecular flexibility index (Phi) is 5.69. The minimum atomic E-state index is -0.0491. The van der Waals surface area contributed by atoms with Crippen molar-refractivity contribution in [3.8, 4) is 0 Å². The molecule has 0 unspecified atom stereocenters. The third-order valence-corrected chi connectivity index (χ3v) is 3.36. The average Bonchev–Trinajstić information content (AvgIpc) is 2.95. The second-order valence-corrected chi connectivity index (χ2v) is 5.03. The van der Waals surface area contributed by atoms with Crippen LogP contribution in [-0.4, -0.2) is 5.11 Å². The minimum absolute atomic E-state index is 0.0491. The summed E-state index contributed by atoms with van der Waals surface area (Å²) in [5.74, 6) is 1.44. The summed E-state index contributed by atoms with van der Waals surface area (Å²) in [5, 5.41) is 12.3. The number of furan rings is 1. The van der Waals surface area contributed by atoms with E-state index < -0.39 is 0 Å². The van der Waals surface area contributed by atoms with Gasteiger partial charge in [0.1, 0.15) is 18.1 Å². The number of rotatable bonds is 8. The van der Waals surface area contributed by atoms with Gasteiger partial charge in [-0.2, -0.15) is 0 Å². The van der Waals surface area contributed by atoms with Crippen LogP contribution in [0.25, 0.3) is 0 Å². The van der Waals surface area contributed by atoms with E-state index in [1.54, 1.807) is 6.07 Å². The number of hydrogen-bond donors (Lipinski definition) is 2. The number of nitrogens with one attached hydrogen (secondary N) is 1. The Balaban J connectivity index is 1.81. The number of aliphatic hydroxyl groups excluding tert-OH is 1. The molecule has 0 saturated heterocycles. The fourth-order valence-electron chi connectivity index (χ4n) is 2.16. The Labute approximate surface area is 120 Å². The zero-order valence-corrected chi connectivity index (χ0v) is 12.1. The summed E-state index contributed by atoms with van der Waals surface area (Å²) >= 11 is 0. The van der Waals surface area contributed by atoms with Gasteiger partial charge in [0, 0.05) is 5.69 Å². The van der Waals surface area contributed by atoms with Crippen LogP contribution in [0.5, 0.6) is 0 Å². The van der Waals surface area contributed by atoms with Crippen molar-refractivity contribution in [2.24, 2.45) is 0 Å². The maximum atomic E-state index is 8.94. The van der Waals surface area contributed by atoms with Crippen molar-refractivity contribution in [2.75, 3.05) is 5.32 Å². The molecule has 0 aliphatic rings. The van der Waals surface area contributed by atoms with Crippen molar-refractivity contribution in [3.05, 3.63) is 53.5 Å². The molecule has 0 saturated carbocycles. The molecule has 108 valence electrons. The lowest BCUT2D eigenvalue weighted by Crippen LogP contribution is -1.98. The highest BCUT2D eigenvalue weighted by molar-refractivity contribution is 5.44. The van der Waals surface area contributed by atoms with Gasteiger partial charge in [0.05, 0.1) is 6.54 Å². The summed E-state index contributed by atoms with van der Waals surface area (Å²) in [6.45, 7) is 2.81. The Morgan fingerprint density at radius 1 is 1.00 bits per heavy atom. The van der Waals surface area contributed by atoms with E-state index in [1.165, 1.54) is 24.8 Å². The molecular weight excluding hydrogens is 250 g/mol. The van der Waals surface area contributed by atoms with Gasteiger partial charge >= 0.3 is 0 Å². The normalized spacial score (nSPS) is 10.7. The Morgan fingerprint density at radius 3 is 2.40 bits per heavy atom. The van der Waals surface area contributed by atoms with Crippen LogP contribution in [0.2, 0.25) is 0 Å². The van der Waals surface area contributed by atoms with Crippen LogP contribution in [0.15, 0.2) is 40.8 Å². The first-order valence-electron chi connectivity index (χ1n) is 7.33. The quantitative estimate of drug-likeness (QED) is 0.711. The summed E-state index contributed by atoms with van der Waals surface area (Å²) in [4.78, 5) is 0. The highest BCUT2D eigenvalue weighted by atomic mass is 16.4. The van der Waals surface area contributed by atoms with E-state index in [9.17, 15) is 0 Å². The Bertz CT molecular complexity index is 502. The van der Waals surface area contributed by atoms with Crippen molar-refractivity contribution < 1.29 is 9.52 Å². The van der Waals surface area contributed by atoms with Crippen molar-refractivity contribution >= 4 is 5.69 Å². The fourth-order valence-corrected chi connectivity index (χ4v) is 2.16. The van der Waals surface area contributed by atoms with E-state index in [4.69, 9.17) is 9.52 Å². The molecule has 0 fully saturated rings. The molecule has 20 heavy (non-hydrogen) atoms. The molecule has 0 radical (unpaired) electrons. The molecule has 1 aromatic heterocycles. The van der Waals surface area contributed by atoms with Gasteiger partial charge in [0.15, 0.2) is 0 Å². The zero-order chi connectivity index (χ0) is 14.2. The molecular formula is C17H23NO2. The first kappa shape index (κ1) is 14.7. The van der Waals surface area contributed by atoms with Crippen molar-refractivity contribution in [2.45, 2.75) is 45.8 Å². The molecule has 0 aliphatic heterocycles. The maximum absolute atomic E-state index is 8.94. The smallest absolute Gasteiger partial charge is 0.129 e. The molecule has 3 heteroatoms. The summed E-state index contributed by atoms with van der Waals surface area (Å²) < 4.78 is 5.43. The topological polar surface area (TPSA) is 45.4 Å². The summed E-state index contributed by atoms with van der Waals surface area (Å²) in [7, 11) is 0. The summed E-state index contributed by atoms with van der Waals surface area (Å²) in [5.41, 5.74) is 2.48. The monoisotopic (exact) mass is 273 g/mol. The first-order chi connectivity index (χ1) is 9.81. The van der Waals surface area contributed by atoms with Gasteiger partial charge in [-0.1, -0.05) is 31.9 Å². The van der Waals surface area contributed by atoms with Crippen LogP contribution in [0.3, 0.4) is 0 Å². The third kappa shape index (κ3) is 4.42. The number of benzene rings is 1. The maximum Gasteiger partial charge on any atom is 0.129 e. The summed E-state index contributed by atoms with van der Waals surface area (Å²) in [6, 6.07) is 12.3. The average molecular weight is 273 g/mol. The number of aryl methyl sites for hydroxylation is 1.